The fourth-order valence-corrected chi connectivity index (χ4v) is 2.59. The Morgan fingerprint density at radius 1 is 1.11 bits per heavy atom. The molecule has 1 N–H and O–H groups in total. The van der Waals surface area contributed by atoms with Crippen molar-refractivity contribution in [2.24, 2.45) is 0 Å². The van der Waals surface area contributed by atoms with Crippen LogP contribution in [0.2, 0.25) is 0 Å². The number of hydrogen-bond donors (Lipinski definition) is 1. The van der Waals surface area contributed by atoms with Crippen LogP contribution in [0, 0.1) is 6.92 Å². The zero-order valence-corrected chi connectivity index (χ0v) is 15.5. The Morgan fingerprint density at radius 2 is 1.93 bits per heavy atom. The second-order valence-corrected chi connectivity index (χ2v) is 6.19. The molecule has 0 saturated heterocycles. The van der Waals surface area contributed by atoms with E-state index in [1.54, 1.807) is 31.6 Å². The lowest BCUT2D eigenvalue weighted by Crippen LogP contribution is -2.26. The highest BCUT2D eigenvalue weighted by Gasteiger charge is 2.13. The topological polar surface area (TPSA) is 83.9 Å². The van der Waals surface area contributed by atoms with Crippen molar-refractivity contribution < 1.29 is 4.79 Å². The number of rotatable bonds is 7. The summed E-state index contributed by atoms with van der Waals surface area (Å²) in [5, 5.41) is 2.85. The minimum atomic E-state index is -0.241. The van der Waals surface area contributed by atoms with Crippen molar-refractivity contribution in [2.75, 3.05) is 18.5 Å². The average Bonchev–Trinajstić information content (AvgIpc) is 2.71. The van der Waals surface area contributed by atoms with E-state index in [9.17, 15) is 4.79 Å². The van der Waals surface area contributed by atoms with E-state index in [0.29, 0.717) is 18.1 Å². The van der Waals surface area contributed by atoms with Crippen LogP contribution in [0.4, 0.5) is 5.82 Å². The molecular formula is C20H22N6O. The maximum absolute atomic E-state index is 12.5. The van der Waals surface area contributed by atoms with E-state index in [4.69, 9.17) is 0 Å². The highest BCUT2D eigenvalue weighted by molar-refractivity contribution is 5.92. The summed E-state index contributed by atoms with van der Waals surface area (Å²) in [7, 11) is 1.96. The Morgan fingerprint density at radius 3 is 2.67 bits per heavy atom. The minimum absolute atomic E-state index is 0.241. The molecule has 0 aliphatic heterocycles. The van der Waals surface area contributed by atoms with Crippen LogP contribution >= 0.6 is 0 Å². The minimum Gasteiger partial charge on any atom is -0.359 e. The van der Waals surface area contributed by atoms with Gasteiger partial charge in [-0.2, -0.15) is 0 Å². The molecule has 3 heterocycles. The lowest BCUT2D eigenvalue weighted by molar-refractivity contribution is 0.0945. The standard InChI is InChI=1S/C20H22N6O/c1-15-24-18(20(27)23-14-17-5-3-4-9-22-17)13-19(25-15)26(2)12-8-16-6-10-21-11-7-16/h3-7,9-11,13H,8,12,14H2,1-2H3,(H,23,27). The molecule has 0 saturated carbocycles. The number of amides is 1. The lowest BCUT2D eigenvalue weighted by Gasteiger charge is -2.19. The molecule has 0 aliphatic rings. The quantitative estimate of drug-likeness (QED) is 0.694. The first-order chi connectivity index (χ1) is 13.1. The van der Waals surface area contributed by atoms with Crippen LogP contribution in [0.25, 0.3) is 0 Å². The first kappa shape index (κ1) is 18.4. The number of pyridine rings is 2. The second-order valence-electron chi connectivity index (χ2n) is 6.19. The van der Waals surface area contributed by atoms with E-state index in [2.05, 4.69) is 25.3 Å². The molecule has 0 radical (unpaired) electrons. The summed E-state index contributed by atoms with van der Waals surface area (Å²) in [5.41, 5.74) is 2.35. The van der Waals surface area contributed by atoms with Crippen molar-refractivity contribution in [2.45, 2.75) is 19.9 Å². The lowest BCUT2D eigenvalue weighted by atomic mass is 10.2. The van der Waals surface area contributed by atoms with Gasteiger partial charge in [-0.25, -0.2) is 9.97 Å². The van der Waals surface area contributed by atoms with Crippen LogP contribution in [-0.4, -0.2) is 39.4 Å². The molecule has 3 rings (SSSR count). The first-order valence-corrected chi connectivity index (χ1v) is 8.75. The summed E-state index contributed by atoms with van der Waals surface area (Å²) >= 11 is 0. The number of carbonyl (C=O) groups excluding carboxylic acids is 1. The van der Waals surface area contributed by atoms with E-state index in [1.165, 1.54) is 5.56 Å². The van der Waals surface area contributed by atoms with Crippen LogP contribution in [0.1, 0.15) is 27.6 Å². The fourth-order valence-electron chi connectivity index (χ4n) is 2.59. The molecule has 27 heavy (non-hydrogen) atoms. The highest BCUT2D eigenvalue weighted by atomic mass is 16.1. The number of anilines is 1. The van der Waals surface area contributed by atoms with E-state index >= 15 is 0 Å². The number of nitrogens with one attached hydrogen (secondary N) is 1. The molecule has 7 heteroatoms. The van der Waals surface area contributed by atoms with Crippen LogP contribution in [-0.2, 0) is 13.0 Å². The third-order valence-electron chi connectivity index (χ3n) is 4.09. The number of likely N-dealkylation sites (N-methyl/N-ethyl adjacent to an activating group) is 1. The predicted molar refractivity (Wildman–Crippen MR) is 103 cm³/mol. The molecule has 0 unspecified atom stereocenters. The van der Waals surface area contributed by atoms with E-state index < -0.39 is 0 Å². The van der Waals surface area contributed by atoms with Crippen molar-refractivity contribution in [1.82, 2.24) is 25.3 Å². The maximum atomic E-state index is 12.5. The molecular weight excluding hydrogens is 340 g/mol. The van der Waals surface area contributed by atoms with Crippen LogP contribution < -0.4 is 10.2 Å². The molecule has 0 bridgehead atoms. The van der Waals surface area contributed by atoms with Crippen LogP contribution in [0.5, 0.6) is 0 Å². The van der Waals surface area contributed by atoms with Gasteiger partial charge < -0.3 is 10.2 Å². The number of carbonyl (C=O) groups is 1. The van der Waals surface area contributed by atoms with Crippen LogP contribution in [0.15, 0.2) is 55.0 Å². The Bertz CT molecular complexity index is 885. The maximum Gasteiger partial charge on any atom is 0.270 e. The summed E-state index contributed by atoms with van der Waals surface area (Å²) in [6, 6.07) is 11.3. The molecule has 7 nitrogen and oxygen atoms in total. The summed E-state index contributed by atoms with van der Waals surface area (Å²) < 4.78 is 0. The zero-order valence-electron chi connectivity index (χ0n) is 15.5. The number of aromatic nitrogens is 4. The van der Waals surface area contributed by atoms with Gasteiger partial charge in [0.15, 0.2) is 0 Å². The number of nitrogens with zero attached hydrogens (tertiary/aromatic N) is 5. The van der Waals surface area contributed by atoms with Crippen molar-refractivity contribution >= 4 is 11.7 Å². The van der Waals surface area contributed by atoms with E-state index in [0.717, 1.165) is 24.5 Å². The number of aryl methyl sites for hydroxylation is 1. The summed E-state index contributed by atoms with van der Waals surface area (Å²) in [6.07, 6.45) is 6.14. The number of hydrogen-bond acceptors (Lipinski definition) is 6. The molecule has 1 amide bonds. The van der Waals surface area contributed by atoms with Gasteiger partial charge >= 0.3 is 0 Å². The third kappa shape index (κ3) is 5.31. The van der Waals surface area contributed by atoms with Gasteiger partial charge in [-0.1, -0.05) is 6.07 Å². The fraction of sp³-hybridized carbons (Fsp3) is 0.250. The van der Waals surface area contributed by atoms with E-state index in [1.807, 2.05) is 42.3 Å². The van der Waals surface area contributed by atoms with Gasteiger partial charge in [0.1, 0.15) is 17.3 Å². The second kappa shape index (κ2) is 8.84. The highest BCUT2D eigenvalue weighted by Crippen LogP contribution is 2.12. The van der Waals surface area contributed by atoms with E-state index in [-0.39, 0.29) is 5.91 Å². The SMILES string of the molecule is Cc1nc(C(=O)NCc2ccccn2)cc(N(C)CCc2ccncc2)n1. The molecule has 0 atom stereocenters. The molecule has 0 aromatic carbocycles. The van der Waals surface area contributed by atoms with Crippen LogP contribution in [0.3, 0.4) is 0 Å². The summed E-state index contributed by atoms with van der Waals surface area (Å²) in [4.78, 5) is 31.4. The van der Waals surface area contributed by atoms with Gasteiger partial charge in [0.05, 0.1) is 12.2 Å². The average molecular weight is 362 g/mol. The zero-order chi connectivity index (χ0) is 19.1. The van der Waals surface area contributed by atoms with Gasteiger partial charge in [0, 0.05) is 38.2 Å². The van der Waals surface area contributed by atoms with Crippen molar-refractivity contribution in [3.05, 3.63) is 77.8 Å². The predicted octanol–water partition coefficient (Wildman–Crippen LogP) is 2.18. The summed E-state index contributed by atoms with van der Waals surface area (Å²) in [5.74, 6) is 1.04. The first-order valence-electron chi connectivity index (χ1n) is 8.75. The molecule has 0 aliphatic carbocycles. The Kier molecular flexibility index (Phi) is 6.04. The van der Waals surface area contributed by atoms with Gasteiger partial charge in [-0.3, -0.25) is 14.8 Å². The van der Waals surface area contributed by atoms with Gasteiger partial charge in [-0.05, 0) is 43.2 Å². The molecule has 0 fully saturated rings. The van der Waals surface area contributed by atoms with Crippen molar-refractivity contribution in [3.63, 3.8) is 0 Å². The summed E-state index contributed by atoms with van der Waals surface area (Å²) in [6.45, 7) is 2.92. The van der Waals surface area contributed by atoms with Crippen molar-refractivity contribution in [1.29, 1.82) is 0 Å². The largest absolute Gasteiger partial charge is 0.359 e. The molecule has 138 valence electrons. The van der Waals surface area contributed by atoms with Crippen molar-refractivity contribution in [3.8, 4) is 0 Å². The van der Waals surface area contributed by atoms with Gasteiger partial charge in [0.25, 0.3) is 5.91 Å². The van der Waals surface area contributed by atoms with Gasteiger partial charge in [0.2, 0.25) is 0 Å². The molecule has 0 spiro atoms. The molecule has 3 aromatic rings. The third-order valence-corrected chi connectivity index (χ3v) is 4.09. The molecule has 3 aromatic heterocycles. The Balaban J connectivity index is 1.65. The van der Waals surface area contributed by atoms with Gasteiger partial charge in [-0.15, -0.1) is 0 Å². The normalized spacial score (nSPS) is 10.4. The Labute approximate surface area is 158 Å². The Hall–Kier alpha value is -3.35. The smallest absolute Gasteiger partial charge is 0.270 e. The monoisotopic (exact) mass is 362 g/mol.